The number of furan rings is 1. The van der Waals surface area contributed by atoms with Crippen molar-refractivity contribution in [3.05, 3.63) is 52.9 Å². The van der Waals surface area contributed by atoms with Crippen molar-refractivity contribution in [2.45, 2.75) is 12.7 Å². The Morgan fingerprint density at radius 1 is 1.32 bits per heavy atom. The van der Waals surface area contributed by atoms with Gasteiger partial charge in [0.2, 0.25) is 0 Å². The van der Waals surface area contributed by atoms with Crippen molar-refractivity contribution >= 4 is 23.2 Å². The molecule has 0 bridgehead atoms. The Balaban J connectivity index is 1.91. The first kappa shape index (κ1) is 16.4. The fourth-order valence-corrected chi connectivity index (χ4v) is 2.03. The van der Waals surface area contributed by atoms with Gasteiger partial charge in [-0.15, -0.1) is 0 Å². The number of rotatable bonds is 5. The Morgan fingerprint density at radius 2 is 2.09 bits per heavy atom. The molecule has 0 aliphatic carbocycles. The normalized spacial score (nSPS) is 11.5. The molecule has 1 aromatic carbocycles. The molecule has 0 spiro atoms. The molecular weight excluding hydrogens is 321 g/mol. The van der Waals surface area contributed by atoms with Gasteiger partial charge in [0.1, 0.15) is 6.54 Å². The van der Waals surface area contributed by atoms with Crippen molar-refractivity contribution in [2.75, 3.05) is 11.9 Å². The summed E-state index contributed by atoms with van der Waals surface area (Å²) in [5.74, 6) is 0.292. The summed E-state index contributed by atoms with van der Waals surface area (Å²) in [4.78, 5) is 11.7. The molecule has 0 aliphatic rings. The highest BCUT2D eigenvalue weighted by molar-refractivity contribution is 6.31. The van der Waals surface area contributed by atoms with Crippen LogP contribution in [0.4, 0.5) is 18.9 Å². The summed E-state index contributed by atoms with van der Waals surface area (Å²) >= 11 is 5.51. The molecule has 4 nitrogen and oxygen atoms in total. The number of anilines is 1. The van der Waals surface area contributed by atoms with E-state index < -0.39 is 22.7 Å². The quantitative estimate of drug-likeness (QED) is 0.883. The summed E-state index contributed by atoms with van der Waals surface area (Å²) in [6.45, 7) is 0.527. The Morgan fingerprint density at radius 3 is 2.73 bits per heavy atom. The van der Waals surface area contributed by atoms with Crippen LogP contribution in [0, 0.1) is 0 Å². The molecule has 118 valence electrons. The zero-order chi connectivity index (χ0) is 16.2. The lowest BCUT2D eigenvalue weighted by molar-refractivity contribution is -0.661. The Labute approximate surface area is 129 Å². The average molecular weight is 334 g/mol. The molecule has 8 heteroatoms. The van der Waals surface area contributed by atoms with Gasteiger partial charge in [-0.3, -0.25) is 4.79 Å². The van der Waals surface area contributed by atoms with Gasteiger partial charge in [-0.25, -0.2) is 0 Å². The van der Waals surface area contributed by atoms with E-state index in [9.17, 15) is 18.0 Å². The molecule has 1 amide bonds. The lowest BCUT2D eigenvalue weighted by Crippen LogP contribution is -2.84. The van der Waals surface area contributed by atoms with Crippen LogP contribution < -0.4 is 10.6 Å². The minimum atomic E-state index is -4.57. The van der Waals surface area contributed by atoms with E-state index in [0.717, 1.165) is 12.1 Å². The number of alkyl halides is 3. The summed E-state index contributed by atoms with van der Waals surface area (Å²) in [6.07, 6.45) is -3.04. The molecule has 3 N–H and O–H groups in total. The molecule has 0 radical (unpaired) electrons. The largest absolute Gasteiger partial charge is 0.463 e. The SMILES string of the molecule is O=C(C[NH2+]Cc1ccco1)Nc1ccc(Cl)c(C(F)(F)F)c1. The van der Waals surface area contributed by atoms with E-state index in [1.165, 1.54) is 12.3 Å². The predicted molar refractivity (Wildman–Crippen MR) is 74.3 cm³/mol. The third-order valence-electron chi connectivity index (χ3n) is 2.81. The standard InChI is InChI=1S/C14H12ClF3N2O2/c15-12-4-3-9(6-11(12)14(16,17)18)20-13(21)8-19-7-10-2-1-5-22-10/h1-6,19H,7-8H2,(H,20,21)/p+1. The van der Waals surface area contributed by atoms with Gasteiger partial charge in [0, 0.05) is 5.69 Å². The molecule has 0 unspecified atom stereocenters. The molecule has 22 heavy (non-hydrogen) atoms. The number of halogens is 4. The van der Waals surface area contributed by atoms with Crippen LogP contribution >= 0.6 is 11.6 Å². The highest BCUT2D eigenvalue weighted by Crippen LogP contribution is 2.36. The maximum atomic E-state index is 12.7. The number of nitrogens with two attached hydrogens (primary N) is 1. The minimum Gasteiger partial charge on any atom is -0.463 e. The molecule has 0 fully saturated rings. The van der Waals surface area contributed by atoms with Crippen LogP contribution in [0.15, 0.2) is 41.0 Å². The van der Waals surface area contributed by atoms with Gasteiger partial charge in [-0.05, 0) is 30.3 Å². The summed E-state index contributed by atoms with van der Waals surface area (Å²) in [5.41, 5.74) is -0.931. The molecule has 0 saturated carbocycles. The van der Waals surface area contributed by atoms with Crippen LogP contribution in [0.3, 0.4) is 0 Å². The Bertz CT molecular complexity index is 642. The lowest BCUT2D eigenvalue weighted by atomic mass is 10.2. The van der Waals surface area contributed by atoms with Gasteiger partial charge in [-0.1, -0.05) is 11.6 Å². The van der Waals surface area contributed by atoms with Crippen molar-refractivity contribution in [3.8, 4) is 0 Å². The maximum absolute atomic E-state index is 12.7. The van der Waals surface area contributed by atoms with E-state index >= 15 is 0 Å². The van der Waals surface area contributed by atoms with Crippen LogP contribution in [-0.2, 0) is 17.5 Å². The first-order chi connectivity index (χ1) is 10.4. The van der Waals surface area contributed by atoms with E-state index in [1.54, 1.807) is 17.4 Å². The van der Waals surface area contributed by atoms with Crippen molar-refractivity contribution in [1.29, 1.82) is 0 Å². The number of quaternary nitrogens is 1. The van der Waals surface area contributed by atoms with Gasteiger partial charge in [0.25, 0.3) is 5.91 Å². The molecule has 1 aromatic heterocycles. The third kappa shape index (κ3) is 4.51. The number of hydrogen-bond donors (Lipinski definition) is 2. The molecular formula is C14H13ClF3N2O2+. The average Bonchev–Trinajstić information content (AvgIpc) is 2.93. The van der Waals surface area contributed by atoms with Crippen molar-refractivity contribution < 1.29 is 27.7 Å². The smallest absolute Gasteiger partial charge is 0.417 e. The second kappa shape index (κ2) is 6.85. The van der Waals surface area contributed by atoms with Gasteiger partial charge >= 0.3 is 6.18 Å². The van der Waals surface area contributed by atoms with Crippen molar-refractivity contribution in [3.63, 3.8) is 0 Å². The van der Waals surface area contributed by atoms with E-state index in [1.807, 2.05) is 0 Å². The highest BCUT2D eigenvalue weighted by Gasteiger charge is 2.33. The van der Waals surface area contributed by atoms with Crippen LogP contribution in [0.25, 0.3) is 0 Å². The van der Waals surface area contributed by atoms with Crippen molar-refractivity contribution in [2.24, 2.45) is 0 Å². The third-order valence-corrected chi connectivity index (χ3v) is 3.14. The molecule has 0 saturated heterocycles. The van der Waals surface area contributed by atoms with Gasteiger partial charge in [-0.2, -0.15) is 13.2 Å². The number of carbonyl (C=O) groups excluding carboxylic acids is 1. The fourth-order valence-electron chi connectivity index (χ4n) is 1.81. The lowest BCUT2D eigenvalue weighted by Gasteiger charge is -2.11. The number of nitrogens with one attached hydrogen (secondary N) is 1. The Kier molecular flexibility index (Phi) is 5.10. The summed E-state index contributed by atoms with van der Waals surface area (Å²) < 4.78 is 43.2. The first-order valence-corrected chi connectivity index (χ1v) is 6.74. The van der Waals surface area contributed by atoms with Gasteiger partial charge < -0.3 is 15.1 Å². The van der Waals surface area contributed by atoms with E-state index in [-0.39, 0.29) is 12.2 Å². The predicted octanol–water partition coefficient (Wildman–Crippen LogP) is 2.65. The number of carbonyl (C=O) groups is 1. The Hall–Kier alpha value is -1.99. The number of amides is 1. The molecule has 2 rings (SSSR count). The second-order valence-corrected chi connectivity index (χ2v) is 4.92. The highest BCUT2D eigenvalue weighted by atomic mass is 35.5. The monoisotopic (exact) mass is 333 g/mol. The summed E-state index contributed by atoms with van der Waals surface area (Å²) in [7, 11) is 0. The molecule has 1 heterocycles. The summed E-state index contributed by atoms with van der Waals surface area (Å²) in [6, 6.07) is 6.74. The number of hydrogen-bond acceptors (Lipinski definition) is 2. The van der Waals surface area contributed by atoms with Crippen LogP contribution in [0.1, 0.15) is 11.3 Å². The van der Waals surface area contributed by atoms with Crippen LogP contribution in [-0.4, -0.2) is 12.5 Å². The van der Waals surface area contributed by atoms with E-state index in [2.05, 4.69) is 5.32 Å². The number of benzene rings is 1. The molecule has 2 aromatic rings. The first-order valence-electron chi connectivity index (χ1n) is 6.37. The zero-order valence-electron chi connectivity index (χ0n) is 11.3. The summed E-state index contributed by atoms with van der Waals surface area (Å²) in [5, 5.41) is 3.67. The van der Waals surface area contributed by atoms with E-state index in [4.69, 9.17) is 16.0 Å². The van der Waals surface area contributed by atoms with Gasteiger partial charge in [0.05, 0.1) is 16.8 Å². The molecule has 0 aliphatic heterocycles. The minimum absolute atomic E-state index is 0.0492. The van der Waals surface area contributed by atoms with Crippen LogP contribution in [0.2, 0.25) is 5.02 Å². The van der Waals surface area contributed by atoms with Gasteiger partial charge in [0.15, 0.2) is 12.3 Å². The maximum Gasteiger partial charge on any atom is 0.417 e. The second-order valence-electron chi connectivity index (χ2n) is 4.52. The zero-order valence-corrected chi connectivity index (χ0v) is 12.0. The van der Waals surface area contributed by atoms with Crippen molar-refractivity contribution in [1.82, 2.24) is 0 Å². The van der Waals surface area contributed by atoms with E-state index in [0.29, 0.717) is 12.3 Å². The fraction of sp³-hybridized carbons (Fsp3) is 0.214. The topological polar surface area (TPSA) is 58.9 Å². The van der Waals surface area contributed by atoms with Crippen LogP contribution in [0.5, 0.6) is 0 Å². The molecule has 0 atom stereocenters.